The molecule has 0 unspecified atom stereocenters. The van der Waals surface area contributed by atoms with Gasteiger partial charge in [-0.05, 0) is 30.6 Å². The molecule has 15 heavy (non-hydrogen) atoms. The number of halogens is 1. The second kappa shape index (κ2) is 3.47. The van der Waals surface area contributed by atoms with Crippen molar-refractivity contribution in [2.24, 2.45) is 16.7 Å². The summed E-state index contributed by atoms with van der Waals surface area (Å²) in [5, 5.41) is 0.310. The van der Waals surface area contributed by atoms with Gasteiger partial charge in [0.15, 0.2) is 0 Å². The van der Waals surface area contributed by atoms with Gasteiger partial charge in [-0.1, -0.05) is 36.7 Å². The minimum atomic E-state index is -0.121. The summed E-state index contributed by atoms with van der Waals surface area (Å²) in [6.45, 7) is 6.94. The molecule has 2 fully saturated rings. The molecule has 0 heterocycles. The lowest BCUT2D eigenvalue weighted by Gasteiger charge is -2.38. The minimum absolute atomic E-state index is 0.121. The van der Waals surface area contributed by atoms with E-state index in [2.05, 4.69) is 36.7 Å². The summed E-state index contributed by atoms with van der Waals surface area (Å²) in [4.78, 5) is 11.3. The first kappa shape index (κ1) is 11.4. The van der Waals surface area contributed by atoms with Gasteiger partial charge in [-0.2, -0.15) is 0 Å². The number of hydrogen-bond donors (Lipinski definition) is 0. The number of ether oxygens (including phenoxy) is 1. The topological polar surface area (TPSA) is 26.3 Å². The predicted molar refractivity (Wildman–Crippen MR) is 62.9 cm³/mol. The highest BCUT2D eigenvalue weighted by atomic mass is 79.9. The highest BCUT2D eigenvalue weighted by molar-refractivity contribution is 9.09. The van der Waals surface area contributed by atoms with E-state index < -0.39 is 0 Å². The fraction of sp³-hybridized carbons (Fsp3) is 0.917. The predicted octanol–water partition coefficient (Wildman–Crippen LogP) is 3.14. The Balaban J connectivity index is 2.15. The number of alkyl halides is 1. The van der Waals surface area contributed by atoms with Crippen molar-refractivity contribution < 1.29 is 9.53 Å². The quantitative estimate of drug-likeness (QED) is 0.571. The van der Waals surface area contributed by atoms with E-state index in [1.54, 1.807) is 0 Å². The Kier molecular flexibility index (Phi) is 2.65. The van der Waals surface area contributed by atoms with Crippen molar-refractivity contribution in [3.8, 4) is 0 Å². The molecule has 0 aromatic rings. The normalized spacial score (nSPS) is 41.9. The largest absolute Gasteiger partial charge is 0.461 e. The summed E-state index contributed by atoms with van der Waals surface area (Å²) < 4.78 is 5.55. The molecule has 0 aromatic carbocycles. The Morgan fingerprint density at radius 3 is 2.53 bits per heavy atom. The monoisotopic (exact) mass is 274 g/mol. The van der Waals surface area contributed by atoms with Crippen LogP contribution in [-0.4, -0.2) is 17.4 Å². The van der Waals surface area contributed by atoms with Crippen molar-refractivity contribution in [1.29, 1.82) is 0 Å². The van der Waals surface area contributed by atoms with Crippen LogP contribution in [0, 0.1) is 16.7 Å². The standard InChI is InChI=1S/C12H19BrO2/c1-11(2)8-4-5-12(11,3)9(6-8)15-10(14)7-13/h8-9H,4-7H2,1-3H3/t8-,9+,12+/m0/s1. The maximum Gasteiger partial charge on any atom is 0.316 e. The van der Waals surface area contributed by atoms with Gasteiger partial charge < -0.3 is 4.74 Å². The first-order valence-corrected chi connectivity index (χ1v) is 6.79. The van der Waals surface area contributed by atoms with Crippen LogP contribution in [0.1, 0.15) is 40.0 Å². The highest BCUT2D eigenvalue weighted by Gasteiger charge is 2.62. The summed E-state index contributed by atoms with van der Waals surface area (Å²) in [7, 11) is 0. The van der Waals surface area contributed by atoms with Crippen LogP contribution in [0.5, 0.6) is 0 Å². The molecule has 86 valence electrons. The molecular formula is C12H19BrO2. The molecule has 0 aliphatic heterocycles. The fourth-order valence-corrected chi connectivity index (χ4v) is 3.63. The van der Waals surface area contributed by atoms with Gasteiger partial charge >= 0.3 is 5.97 Å². The van der Waals surface area contributed by atoms with Crippen molar-refractivity contribution >= 4 is 21.9 Å². The Bertz CT molecular complexity index is 287. The second-order valence-corrected chi connectivity index (χ2v) is 6.28. The molecule has 2 saturated carbocycles. The van der Waals surface area contributed by atoms with Gasteiger partial charge in [-0.15, -0.1) is 0 Å². The molecule has 0 amide bonds. The lowest BCUT2D eigenvalue weighted by molar-refractivity contribution is -0.153. The number of carbonyl (C=O) groups excluding carboxylic acids is 1. The van der Waals surface area contributed by atoms with Gasteiger partial charge in [-0.3, -0.25) is 4.79 Å². The Morgan fingerprint density at radius 2 is 2.13 bits per heavy atom. The van der Waals surface area contributed by atoms with Gasteiger partial charge in [0.2, 0.25) is 0 Å². The molecule has 0 N–H and O–H groups in total. The van der Waals surface area contributed by atoms with Crippen molar-refractivity contribution in [1.82, 2.24) is 0 Å². The van der Waals surface area contributed by atoms with E-state index in [-0.39, 0.29) is 17.5 Å². The summed E-state index contributed by atoms with van der Waals surface area (Å²) in [5.74, 6) is 0.611. The maximum absolute atomic E-state index is 11.3. The molecule has 0 radical (unpaired) electrons. The van der Waals surface area contributed by atoms with Crippen LogP contribution in [-0.2, 0) is 9.53 Å². The van der Waals surface area contributed by atoms with Gasteiger partial charge in [-0.25, -0.2) is 0 Å². The lowest BCUT2D eigenvalue weighted by Crippen LogP contribution is -2.38. The van der Waals surface area contributed by atoms with Crippen LogP contribution in [0.3, 0.4) is 0 Å². The molecule has 0 aromatic heterocycles. The number of carbonyl (C=O) groups is 1. The molecule has 2 rings (SSSR count). The average molecular weight is 275 g/mol. The van der Waals surface area contributed by atoms with Gasteiger partial charge in [0.25, 0.3) is 0 Å². The summed E-state index contributed by atoms with van der Waals surface area (Å²) in [5.41, 5.74) is 0.514. The molecule has 2 bridgehead atoms. The van der Waals surface area contributed by atoms with E-state index in [0.717, 1.165) is 12.3 Å². The molecule has 3 atom stereocenters. The highest BCUT2D eigenvalue weighted by Crippen LogP contribution is 2.66. The van der Waals surface area contributed by atoms with E-state index >= 15 is 0 Å². The van der Waals surface area contributed by atoms with Gasteiger partial charge in [0.05, 0.1) is 0 Å². The molecule has 2 aliphatic rings. The average Bonchev–Trinajstić information content (AvgIpc) is 2.50. The smallest absolute Gasteiger partial charge is 0.316 e. The van der Waals surface area contributed by atoms with Crippen molar-refractivity contribution in [2.75, 3.05) is 5.33 Å². The van der Waals surface area contributed by atoms with Crippen molar-refractivity contribution in [3.05, 3.63) is 0 Å². The maximum atomic E-state index is 11.3. The Hall–Kier alpha value is -0.0500. The molecule has 2 nitrogen and oxygen atoms in total. The Labute approximate surface area is 99.9 Å². The van der Waals surface area contributed by atoms with E-state index in [1.165, 1.54) is 12.8 Å². The molecule has 2 aliphatic carbocycles. The van der Waals surface area contributed by atoms with E-state index in [9.17, 15) is 4.79 Å². The lowest BCUT2D eigenvalue weighted by atomic mass is 9.70. The van der Waals surface area contributed by atoms with E-state index in [4.69, 9.17) is 4.74 Å². The molecule has 0 saturated heterocycles. The number of fused-ring (bicyclic) bond motifs is 2. The van der Waals surface area contributed by atoms with Gasteiger partial charge in [0, 0.05) is 5.41 Å². The van der Waals surface area contributed by atoms with E-state index in [1.807, 2.05) is 0 Å². The zero-order valence-corrected chi connectivity index (χ0v) is 11.3. The first-order chi connectivity index (χ1) is 6.91. The van der Waals surface area contributed by atoms with Crippen LogP contribution >= 0.6 is 15.9 Å². The van der Waals surface area contributed by atoms with Crippen LogP contribution in [0.15, 0.2) is 0 Å². The fourth-order valence-electron chi connectivity index (χ4n) is 3.50. The second-order valence-electron chi connectivity index (χ2n) is 5.72. The molecule has 3 heteroatoms. The molecule has 0 spiro atoms. The van der Waals surface area contributed by atoms with Crippen molar-refractivity contribution in [2.45, 2.75) is 46.1 Å². The Morgan fingerprint density at radius 1 is 1.47 bits per heavy atom. The molecular weight excluding hydrogens is 256 g/mol. The third kappa shape index (κ3) is 1.46. The SMILES string of the molecule is CC1(C)[C@H]2CC[C@]1(C)[C@H](OC(=O)CBr)C2. The zero-order chi connectivity index (χ0) is 11.3. The van der Waals surface area contributed by atoms with Crippen LogP contribution in [0.2, 0.25) is 0 Å². The summed E-state index contributed by atoms with van der Waals surface area (Å²) in [6, 6.07) is 0. The van der Waals surface area contributed by atoms with Crippen LogP contribution < -0.4 is 0 Å². The third-order valence-electron chi connectivity index (χ3n) is 5.10. The zero-order valence-electron chi connectivity index (χ0n) is 9.68. The number of hydrogen-bond acceptors (Lipinski definition) is 2. The van der Waals surface area contributed by atoms with Crippen LogP contribution in [0.4, 0.5) is 0 Å². The summed E-state index contributed by atoms with van der Waals surface area (Å²) >= 11 is 3.15. The van der Waals surface area contributed by atoms with Gasteiger partial charge in [0.1, 0.15) is 11.4 Å². The third-order valence-corrected chi connectivity index (χ3v) is 5.55. The minimum Gasteiger partial charge on any atom is -0.461 e. The van der Waals surface area contributed by atoms with Crippen LogP contribution in [0.25, 0.3) is 0 Å². The summed E-state index contributed by atoms with van der Waals surface area (Å²) in [6.07, 6.45) is 3.69. The van der Waals surface area contributed by atoms with E-state index in [0.29, 0.717) is 10.7 Å². The van der Waals surface area contributed by atoms with Crippen molar-refractivity contribution in [3.63, 3.8) is 0 Å². The number of rotatable bonds is 2. The first-order valence-electron chi connectivity index (χ1n) is 5.67. The number of esters is 1.